The zero-order chi connectivity index (χ0) is 42.9. The Bertz CT molecular complexity index is 1180. The van der Waals surface area contributed by atoms with Crippen LogP contribution in [0.1, 0.15) is 53.4 Å². The van der Waals surface area contributed by atoms with Gasteiger partial charge in [-0.1, -0.05) is 23.3 Å². The molecule has 56 heavy (non-hydrogen) atoms. The van der Waals surface area contributed by atoms with Gasteiger partial charge in [-0.05, 0) is 81.6 Å². The Labute approximate surface area is 338 Å². The predicted octanol–water partition coefficient (Wildman–Crippen LogP) is -2.59. The SMILES string of the molecule is [B][C@@H]1C[C@H](C(C)=O)N(C(=O)CNC)C1.[B][C@@H]1C[C@H](C(C)=O)N(C(=O)CNC)C1.[B][C@@H]1C[C@H](C(C)=O)N(C(=O)CNC)C1.[B][C@@H]1C[C@H](C(C)=O)N(C(=O)CNC)C1. The smallest absolute Gasteiger partial charge is 0.237 e. The van der Waals surface area contributed by atoms with Crippen LogP contribution in [0, 0.1) is 0 Å². The van der Waals surface area contributed by atoms with Crippen molar-refractivity contribution in [2.75, 3.05) is 80.5 Å². The number of carbonyl (C=O) groups excluding carboxylic acids is 8. The van der Waals surface area contributed by atoms with Gasteiger partial charge in [0.25, 0.3) is 0 Å². The number of nitrogens with one attached hydrogen (secondary N) is 4. The first-order valence-corrected chi connectivity index (χ1v) is 19.0. The topological polar surface area (TPSA) is 198 Å². The fraction of sp³-hybridized carbons (Fsp3) is 0.778. The summed E-state index contributed by atoms with van der Waals surface area (Å²) in [5.74, 6) is -0.416. The van der Waals surface area contributed by atoms with Gasteiger partial charge in [-0.2, -0.15) is 0 Å². The van der Waals surface area contributed by atoms with E-state index in [0.29, 0.717) is 51.9 Å². The summed E-state index contributed by atoms with van der Waals surface area (Å²) in [6, 6.07) is -1.26. The van der Waals surface area contributed by atoms with Crippen LogP contribution >= 0.6 is 0 Å². The molecule has 4 fully saturated rings. The van der Waals surface area contributed by atoms with Crippen LogP contribution in [0.15, 0.2) is 0 Å². The Morgan fingerprint density at radius 3 is 0.679 bits per heavy atom. The fourth-order valence-electron chi connectivity index (χ4n) is 7.13. The standard InChI is InChI=1S/4C9H15BN2O2/c4*1-6(13)8-3-7(10)5-12(8)9(14)4-11-2/h4*7-8,11H,3-5H2,1-2H3/t4*7-,8-/m1111/s1. The summed E-state index contributed by atoms with van der Waals surface area (Å²) in [6.07, 6.45) is 2.35. The Morgan fingerprint density at radius 2 is 0.554 bits per heavy atom. The lowest BCUT2D eigenvalue weighted by Crippen LogP contribution is -2.43. The Kier molecular flexibility index (Phi) is 22.7. The molecule has 4 aliphatic heterocycles. The molecule has 0 unspecified atom stereocenters. The number of hydrogen-bond donors (Lipinski definition) is 4. The summed E-state index contributed by atoms with van der Waals surface area (Å²) in [4.78, 5) is 97.5. The normalized spacial score (nSPS) is 26.6. The van der Waals surface area contributed by atoms with Crippen LogP contribution in [0.5, 0.6) is 0 Å². The van der Waals surface area contributed by atoms with Crippen molar-refractivity contribution in [1.82, 2.24) is 40.9 Å². The van der Waals surface area contributed by atoms with Gasteiger partial charge in [0, 0.05) is 26.2 Å². The third kappa shape index (κ3) is 15.9. The highest BCUT2D eigenvalue weighted by Gasteiger charge is 2.37. The predicted molar refractivity (Wildman–Crippen MR) is 217 cm³/mol. The third-order valence-electron chi connectivity index (χ3n) is 9.80. The van der Waals surface area contributed by atoms with Crippen molar-refractivity contribution in [2.45, 2.75) is 101 Å². The number of amides is 4. The number of Topliss-reactive ketones (excluding diaryl/α,β-unsaturated/α-hetero) is 4. The first-order chi connectivity index (χ1) is 26.2. The number of rotatable bonds is 12. The van der Waals surface area contributed by atoms with E-state index in [1.807, 2.05) is 0 Å². The molecule has 4 aliphatic rings. The Morgan fingerprint density at radius 1 is 0.393 bits per heavy atom. The molecule has 0 aromatic carbocycles. The van der Waals surface area contributed by atoms with Gasteiger partial charge in [0.15, 0.2) is 23.1 Å². The lowest BCUT2D eigenvalue weighted by atomic mass is 9.85. The molecule has 8 radical (unpaired) electrons. The molecule has 0 saturated carbocycles. The van der Waals surface area contributed by atoms with Crippen LogP contribution in [-0.2, 0) is 38.4 Å². The second-order valence-electron chi connectivity index (χ2n) is 14.8. The van der Waals surface area contributed by atoms with E-state index in [0.717, 1.165) is 0 Å². The van der Waals surface area contributed by atoms with E-state index in [1.165, 1.54) is 27.7 Å². The number of likely N-dealkylation sites (tertiary alicyclic amines) is 4. The molecule has 4 heterocycles. The van der Waals surface area contributed by atoms with Crippen molar-refractivity contribution in [3.8, 4) is 0 Å². The average Bonchev–Trinajstić information content (AvgIpc) is 3.91. The van der Waals surface area contributed by atoms with E-state index in [9.17, 15) is 38.4 Å². The Hall–Kier alpha value is -3.34. The molecule has 304 valence electrons. The van der Waals surface area contributed by atoms with E-state index in [2.05, 4.69) is 21.3 Å². The summed E-state index contributed by atoms with van der Waals surface area (Å²) < 4.78 is 0. The molecule has 0 aromatic heterocycles. The fourth-order valence-corrected chi connectivity index (χ4v) is 7.13. The van der Waals surface area contributed by atoms with Gasteiger partial charge >= 0.3 is 0 Å². The largest absolute Gasteiger partial charge is 0.332 e. The zero-order valence-corrected chi connectivity index (χ0v) is 34.5. The molecule has 0 spiro atoms. The lowest BCUT2D eigenvalue weighted by molar-refractivity contribution is -0.136. The van der Waals surface area contributed by atoms with Crippen LogP contribution in [0.25, 0.3) is 0 Å². The quantitative estimate of drug-likeness (QED) is 0.151. The van der Waals surface area contributed by atoms with E-state index in [-0.39, 0.29) is 120 Å². The average molecular weight is 776 g/mol. The maximum Gasteiger partial charge on any atom is 0.237 e. The monoisotopic (exact) mass is 776 g/mol. The van der Waals surface area contributed by atoms with Gasteiger partial charge < -0.3 is 40.9 Å². The molecule has 4 saturated heterocycles. The maximum absolute atomic E-state index is 11.6. The molecule has 0 aromatic rings. The molecule has 4 amide bonds. The number of likely N-dealkylation sites (N-methyl/N-ethyl adjacent to an activating group) is 4. The lowest BCUT2D eigenvalue weighted by Gasteiger charge is -2.22. The number of ketones is 4. The molecular weight excluding hydrogens is 716 g/mol. The van der Waals surface area contributed by atoms with Crippen LogP contribution in [0.4, 0.5) is 0 Å². The van der Waals surface area contributed by atoms with Gasteiger partial charge in [0.2, 0.25) is 23.6 Å². The molecule has 16 nitrogen and oxygen atoms in total. The van der Waals surface area contributed by atoms with Crippen LogP contribution in [0.2, 0.25) is 23.3 Å². The minimum Gasteiger partial charge on any atom is -0.332 e. The first kappa shape index (κ1) is 50.7. The zero-order valence-electron chi connectivity index (χ0n) is 34.5. The van der Waals surface area contributed by atoms with E-state index in [4.69, 9.17) is 31.4 Å². The molecule has 4 N–H and O–H groups in total. The molecule has 0 aliphatic carbocycles. The van der Waals surface area contributed by atoms with Crippen molar-refractivity contribution in [3.63, 3.8) is 0 Å². The van der Waals surface area contributed by atoms with Crippen molar-refractivity contribution < 1.29 is 38.4 Å². The van der Waals surface area contributed by atoms with E-state index >= 15 is 0 Å². The van der Waals surface area contributed by atoms with Crippen molar-refractivity contribution in [3.05, 3.63) is 0 Å². The minimum atomic E-state index is -0.314. The van der Waals surface area contributed by atoms with Crippen molar-refractivity contribution >= 4 is 78.1 Å². The summed E-state index contributed by atoms with van der Waals surface area (Å²) in [6.45, 7) is 9.01. The number of hydrogen-bond acceptors (Lipinski definition) is 12. The van der Waals surface area contributed by atoms with Gasteiger partial charge in [0.05, 0.1) is 81.7 Å². The molecule has 0 bridgehead atoms. The third-order valence-corrected chi connectivity index (χ3v) is 9.80. The van der Waals surface area contributed by atoms with Gasteiger partial charge in [-0.15, -0.1) is 0 Å². The summed E-state index contributed by atoms with van der Waals surface area (Å²) >= 11 is 0. The van der Waals surface area contributed by atoms with Crippen molar-refractivity contribution in [1.29, 1.82) is 0 Å². The molecule has 20 heteroatoms. The van der Waals surface area contributed by atoms with Gasteiger partial charge in [-0.25, -0.2) is 0 Å². The second kappa shape index (κ2) is 25.1. The minimum absolute atomic E-state index is 0.0161. The Balaban J connectivity index is 0.000000373. The molecule has 8 atom stereocenters. The second-order valence-corrected chi connectivity index (χ2v) is 14.8. The summed E-state index contributed by atoms with van der Waals surface area (Å²) in [5, 5.41) is 11.1. The summed E-state index contributed by atoms with van der Waals surface area (Å²) in [5.41, 5.74) is 0. The highest BCUT2D eigenvalue weighted by molar-refractivity contribution is 6.14. The van der Waals surface area contributed by atoms with Crippen molar-refractivity contribution in [2.24, 2.45) is 0 Å². The number of nitrogens with zero attached hydrogens (tertiary/aromatic N) is 4. The van der Waals surface area contributed by atoms with E-state index in [1.54, 1.807) is 47.8 Å². The first-order valence-electron chi connectivity index (χ1n) is 19.0. The van der Waals surface area contributed by atoms with Crippen LogP contribution in [-0.4, -0.2) is 202 Å². The highest BCUT2D eigenvalue weighted by Crippen LogP contribution is 2.28. The van der Waals surface area contributed by atoms with Gasteiger partial charge in [-0.3, -0.25) is 38.4 Å². The molecular formula is C36H60B4N8O8. The van der Waals surface area contributed by atoms with E-state index < -0.39 is 0 Å². The highest BCUT2D eigenvalue weighted by atomic mass is 16.2. The van der Waals surface area contributed by atoms with Crippen LogP contribution < -0.4 is 21.3 Å². The maximum atomic E-state index is 11.6. The van der Waals surface area contributed by atoms with Crippen LogP contribution in [0.3, 0.4) is 0 Å². The molecule has 4 rings (SSSR count). The number of carbonyl (C=O) groups is 8. The van der Waals surface area contributed by atoms with Gasteiger partial charge in [0.1, 0.15) is 0 Å². The summed E-state index contributed by atoms with van der Waals surface area (Å²) in [7, 11) is 29.7.